The van der Waals surface area contributed by atoms with Crippen molar-refractivity contribution in [2.75, 3.05) is 6.54 Å². The Bertz CT molecular complexity index is 517. The SMILES string of the molecule is Cc1[nH]ncc1S(=O)(=O)NCC(C1CC1)C1CC1. The number of aromatic amines is 1. The second kappa shape index (κ2) is 4.35. The summed E-state index contributed by atoms with van der Waals surface area (Å²) in [7, 11) is -3.40. The number of rotatable bonds is 6. The van der Waals surface area contributed by atoms with E-state index in [0.29, 0.717) is 18.2 Å². The lowest BCUT2D eigenvalue weighted by Crippen LogP contribution is -2.31. The van der Waals surface area contributed by atoms with Crippen LogP contribution >= 0.6 is 0 Å². The average Bonchev–Trinajstić information content (AvgIpc) is 3.20. The summed E-state index contributed by atoms with van der Waals surface area (Å²) >= 11 is 0. The predicted octanol–water partition coefficient (Wildman–Crippen LogP) is 1.43. The molecule has 5 nitrogen and oxygen atoms in total. The summed E-state index contributed by atoms with van der Waals surface area (Å²) < 4.78 is 27.0. The van der Waals surface area contributed by atoms with E-state index in [4.69, 9.17) is 0 Å². The van der Waals surface area contributed by atoms with Crippen molar-refractivity contribution in [3.8, 4) is 0 Å². The molecule has 6 heteroatoms. The average molecular weight is 269 g/mol. The molecule has 1 aromatic heterocycles. The highest BCUT2D eigenvalue weighted by molar-refractivity contribution is 7.89. The van der Waals surface area contributed by atoms with Crippen molar-refractivity contribution in [3.63, 3.8) is 0 Å². The van der Waals surface area contributed by atoms with Crippen molar-refractivity contribution in [1.82, 2.24) is 14.9 Å². The molecule has 0 bridgehead atoms. The Morgan fingerprint density at radius 3 is 2.44 bits per heavy atom. The topological polar surface area (TPSA) is 74.8 Å². The molecule has 0 saturated heterocycles. The van der Waals surface area contributed by atoms with Gasteiger partial charge in [0.15, 0.2) is 0 Å². The Hall–Kier alpha value is -0.880. The van der Waals surface area contributed by atoms with E-state index in [-0.39, 0.29) is 4.90 Å². The third-order valence-electron chi connectivity index (χ3n) is 4.04. The van der Waals surface area contributed by atoms with Gasteiger partial charge in [-0.05, 0) is 50.4 Å². The van der Waals surface area contributed by atoms with E-state index in [9.17, 15) is 8.42 Å². The maximum atomic E-state index is 12.1. The summed E-state index contributed by atoms with van der Waals surface area (Å²) in [6.07, 6.45) is 6.46. The number of hydrogen-bond acceptors (Lipinski definition) is 3. The van der Waals surface area contributed by atoms with E-state index in [2.05, 4.69) is 14.9 Å². The van der Waals surface area contributed by atoms with Crippen LogP contribution in [0, 0.1) is 24.7 Å². The minimum Gasteiger partial charge on any atom is -0.281 e. The van der Waals surface area contributed by atoms with E-state index < -0.39 is 10.0 Å². The Morgan fingerprint density at radius 2 is 2.00 bits per heavy atom. The number of hydrogen-bond donors (Lipinski definition) is 2. The smallest absolute Gasteiger partial charge is 0.243 e. The minimum atomic E-state index is -3.40. The Kier molecular flexibility index (Phi) is 2.94. The first-order valence-corrected chi connectivity index (χ1v) is 8.06. The molecule has 0 aliphatic heterocycles. The second-order valence-corrected chi connectivity index (χ2v) is 7.29. The molecule has 1 heterocycles. The Morgan fingerprint density at radius 1 is 1.39 bits per heavy atom. The molecule has 0 unspecified atom stereocenters. The molecular weight excluding hydrogens is 250 g/mol. The fraction of sp³-hybridized carbons (Fsp3) is 0.750. The highest BCUT2D eigenvalue weighted by atomic mass is 32.2. The van der Waals surface area contributed by atoms with Crippen molar-refractivity contribution in [3.05, 3.63) is 11.9 Å². The first-order valence-electron chi connectivity index (χ1n) is 6.57. The summed E-state index contributed by atoms with van der Waals surface area (Å²) in [5, 5.41) is 6.43. The van der Waals surface area contributed by atoms with Gasteiger partial charge in [0.1, 0.15) is 4.90 Å². The molecule has 3 rings (SSSR count). The van der Waals surface area contributed by atoms with Gasteiger partial charge in [0.25, 0.3) is 0 Å². The zero-order chi connectivity index (χ0) is 12.8. The molecule has 100 valence electrons. The van der Waals surface area contributed by atoms with Crippen molar-refractivity contribution in [2.24, 2.45) is 17.8 Å². The van der Waals surface area contributed by atoms with Gasteiger partial charge in [-0.3, -0.25) is 5.10 Å². The van der Waals surface area contributed by atoms with Gasteiger partial charge < -0.3 is 0 Å². The standard InChI is InChI=1S/C12H19N3O2S/c1-8-12(7-13-15-8)18(16,17)14-6-11(9-2-3-9)10-4-5-10/h7,9-11,14H,2-6H2,1H3,(H,13,15). The van der Waals surface area contributed by atoms with E-state index in [1.807, 2.05) is 0 Å². The van der Waals surface area contributed by atoms with Crippen molar-refractivity contribution >= 4 is 10.0 Å². The number of nitrogens with one attached hydrogen (secondary N) is 2. The van der Waals surface area contributed by atoms with E-state index >= 15 is 0 Å². The summed E-state index contributed by atoms with van der Waals surface area (Å²) in [6, 6.07) is 0. The van der Waals surface area contributed by atoms with Crippen LogP contribution in [-0.2, 0) is 10.0 Å². The van der Waals surface area contributed by atoms with Crippen LogP contribution < -0.4 is 4.72 Å². The summed E-state index contributed by atoms with van der Waals surface area (Å²) in [4.78, 5) is 0.271. The van der Waals surface area contributed by atoms with Gasteiger partial charge in [-0.25, -0.2) is 13.1 Å². The predicted molar refractivity (Wildman–Crippen MR) is 67.5 cm³/mol. The molecule has 2 aliphatic rings. The van der Waals surface area contributed by atoms with Crippen LogP contribution in [0.5, 0.6) is 0 Å². The van der Waals surface area contributed by atoms with Gasteiger partial charge in [0, 0.05) is 6.54 Å². The molecule has 2 N–H and O–H groups in total. The number of H-pyrrole nitrogens is 1. The lowest BCUT2D eigenvalue weighted by atomic mass is 9.99. The lowest BCUT2D eigenvalue weighted by molar-refractivity contribution is 0.401. The second-order valence-electron chi connectivity index (χ2n) is 5.55. The zero-order valence-electron chi connectivity index (χ0n) is 10.5. The summed E-state index contributed by atoms with van der Waals surface area (Å²) in [5.41, 5.74) is 0.594. The quantitative estimate of drug-likeness (QED) is 0.820. The molecule has 0 spiro atoms. The monoisotopic (exact) mass is 269 g/mol. The van der Waals surface area contributed by atoms with Gasteiger partial charge in [-0.2, -0.15) is 5.10 Å². The number of aromatic nitrogens is 2. The fourth-order valence-electron chi connectivity index (χ4n) is 2.66. The maximum Gasteiger partial charge on any atom is 0.243 e. The molecule has 2 fully saturated rings. The van der Waals surface area contributed by atoms with Crippen LogP contribution in [0.2, 0.25) is 0 Å². The highest BCUT2D eigenvalue weighted by Crippen LogP contribution is 2.48. The van der Waals surface area contributed by atoms with Gasteiger partial charge in [-0.1, -0.05) is 0 Å². The number of nitrogens with zero attached hydrogens (tertiary/aromatic N) is 1. The van der Waals surface area contributed by atoms with Crippen LogP contribution in [0.3, 0.4) is 0 Å². The maximum absolute atomic E-state index is 12.1. The molecular formula is C12H19N3O2S. The summed E-state index contributed by atoms with van der Waals surface area (Å²) in [5.74, 6) is 2.06. The number of sulfonamides is 1. The first-order chi connectivity index (χ1) is 8.58. The fourth-order valence-corrected chi connectivity index (χ4v) is 3.87. The third-order valence-corrected chi connectivity index (χ3v) is 5.57. The van der Waals surface area contributed by atoms with Crippen molar-refractivity contribution in [2.45, 2.75) is 37.5 Å². The van der Waals surface area contributed by atoms with Crippen LogP contribution in [0.15, 0.2) is 11.1 Å². The zero-order valence-corrected chi connectivity index (χ0v) is 11.3. The first kappa shape index (κ1) is 12.2. The molecule has 2 saturated carbocycles. The number of aryl methyl sites for hydroxylation is 1. The van der Waals surface area contributed by atoms with Gasteiger partial charge in [-0.15, -0.1) is 0 Å². The van der Waals surface area contributed by atoms with E-state index in [1.54, 1.807) is 6.92 Å². The largest absolute Gasteiger partial charge is 0.281 e. The minimum absolute atomic E-state index is 0.271. The Labute approximate surface area is 107 Å². The molecule has 0 amide bonds. The normalized spacial score (nSPS) is 20.6. The van der Waals surface area contributed by atoms with Gasteiger partial charge >= 0.3 is 0 Å². The molecule has 0 radical (unpaired) electrons. The van der Waals surface area contributed by atoms with Crippen LogP contribution in [0.1, 0.15) is 31.4 Å². The molecule has 2 aliphatic carbocycles. The van der Waals surface area contributed by atoms with Crippen molar-refractivity contribution in [1.29, 1.82) is 0 Å². The summed E-state index contributed by atoms with van der Waals surface area (Å²) in [6.45, 7) is 2.31. The van der Waals surface area contributed by atoms with Gasteiger partial charge in [0.05, 0.1) is 11.9 Å². The molecule has 18 heavy (non-hydrogen) atoms. The van der Waals surface area contributed by atoms with Crippen LogP contribution in [0.4, 0.5) is 0 Å². The lowest BCUT2D eigenvalue weighted by Gasteiger charge is -2.16. The highest BCUT2D eigenvalue weighted by Gasteiger charge is 2.41. The molecule has 0 atom stereocenters. The molecule has 0 aromatic carbocycles. The third kappa shape index (κ3) is 2.44. The van der Waals surface area contributed by atoms with Crippen molar-refractivity contribution < 1.29 is 8.42 Å². The van der Waals surface area contributed by atoms with Gasteiger partial charge in [0.2, 0.25) is 10.0 Å². The van der Waals surface area contributed by atoms with E-state index in [1.165, 1.54) is 31.9 Å². The molecule has 1 aromatic rings. The van der Waals surface area contributed by atoms with Crippen LogP contribution in [-0.4, -0.2) is 25.2 Å². The Balaban J connectivity index is 1.66. The van der Waals surface area contributed by atoms with Crippen LogP contribution in [0.25, 0.3) is 0 Å². The van der Waals surface area contributed by atoms with E-state index in [0.717, 1.165) is 11.8 Å².